The first-order valence-electron chi connectivity index (χ1n) is 9.70. The fourth-order valence-corrected chi connectivity index (χ4v) is 4.08. The molecular weight excluding hydrogens is 314 g/mol. The van der Waals surface area contributed by atoms with Gasteiger partial charge in [-0.25, -0.2) is 9.97 Å². The minimum Gasteiger partial charge on any atom is -0.354 e. The number of anilines is 1. The third-order valence-electron chi connectivity index (χ3n) is 5.69. The molecule has 1 aromatic heterocycles. The number of rotatable bonds is 5. The first-order valence-corrected chi connectivity index (χ1v) is 9.70. The van der Waals surface area contributed by atoms with Crippen LogP contribution in [0.4, 0.5) is 5.95 Å². The van der Waals surface area contributed by atoms with Crippen LogP contribution in [0.15, 0.2) is 18.5 Å². The van der Waals surface area contributed by atoms with Crippen molar-refractivity contribution in [1.29, 1.82) is 0 Å². The molecule has 0 spiro atoms. The minimum absolute atomic E-state index is 0.117. The molecule has 0 saturated carbocycles. The summed E-state index contributed by atoms with van der Waals surface area (Å²) in [4.78, 5) is 25.8. The average Bonchev–Trinajstić information content (AvgIpc) is 2.67. The Kier molecular flexibility index (Phi) is 6.24. The third kappa shape index (κ3) is 4.69. The van der Waals surface area contributed by atoms with E-state index in [9.17, 15) is 4.79 Å². The quantitative estimate of drug-likeness (QED) is 0.885. The van der Waals surface area contributed by atoms with Gasteiger partial charge in [-0.05, 0) is 52.1 Å². The van der Waals surface area contributed by atoms with Crippen molar-refractivity contribution < 1.29 is 4.79 Å². The summed E-state index contributed by atoms with van der Waals surface area (Å²) in [5.74, 6) is 1.10. The topological polar surface area (TPSA) is 61.4 Å². The Morgan fingerprint density at radius 3 is 2.60 bits per heavy atom. The lowest BCUT2D eigenvalue weighted by Gasteiger charge is -2.38. The molecule has 2 aliphatic heterocycles. The number of hydrogen-bond acceptors (Lipinski definition) is 5. The molecule has 138 valence electrons. The van der Waals surface area contributed by atoms with Crippen LogP contribution in [0, 0.1) is 5.92 Å². The molecule has 0 unspecified atom stereocenters. The van der Waals surface area contributed by atoms with Crippen molar-refractivity contribution >= 4 is 11.9 Å². The summed E-state index contributed by atoms with van der Waals surface area (Å²) in [7, 11) is 0. The van der Waals surface area contributed by atoms with Crippen molar-refractivity contribution in [3.8, 4) is 0 Å². The maximum Gasteiger partial charge on any atom is 0.225 e. The van der Waals surface area contributed by atoms with Crippen LogP contribution in [0.1, 0.15) is 46.0 Å². The van der Waals surface area contributed by atoms with E-state index < -0.39 is 0 Å². The Morgan fingerprint density at radius 1 is 1.20 bits per heavy atom. The SMILES string of the molecule is C[C@H]1CCCCN1[C@@H](C)CNC(=O)C1CCN(c2ncccn2)CC1. The molecule has 2 fully saturated rings. The number of nitrogens with one attached hydrogen (secondary N) is 1. The molecule has 6 nitrogen and oxygen atoms in total. The zero-order chi connectivity index (χ0) is 17.6. The Morgan fingerprint density at radius 2 is 1.92 bits per heavy atom. The number of piperidine rings is 2. The zero-order valence-electron chi connectivity index (χ0n) is 15.5. The Balaban J connectivity index is 1.42. The third-order valence-corrected chi connectivity index (χ3v) is 5.69. The van der Waals surface area contributed by atoms with Gasteiger partial charge < -0.3 is 10.2 Å². The first-order chi connectivity index (χ1) is 12.1. The Labute approximate surface area is 151 Å². The molecule has 0 aromatic carbocycles. The number of aromatic nitrogens is 2. The maximum atomic E-state index is 12.5. The predicted molar refractivity (Wildman–Crippen MR) is 99.5 cm³/mol. The van der Waals surface area contributed by atoms with Gasteiger partial charge in [0.05, 0.1) is 0 Å². The summed E-state index contributed by atoms with van der Waals surface area (Å²) in [5.41, 5.74) is 0. The van der Waals surface area contributed by atoms with E-state index in [-0.39, 0.29) is 11.8 Å². The second kappa shape index (κ2) is 8.61. The molecular formula is C19H31N5O. The molecule has 1 N–H and O–H groups in total. The summed E-state index contributed by atoms with van der Waals surface area (Å²) in [6, 6.07) is 2.88. The van der Waals surface area contributed by atoms with Crippen LogP contribution in [-0.4, -0.2) is 59.0 Å². The van der Waals surface area contributed by atoms with Gasteiger partial charge in [0.15, 0.2) is 0 Å². The number of carbonyl (C=O) groups is 1. The average molecular weight is 345 g/mol. The summed E-state index contributed by atoms with van der Waals surface area (Å²) < 4.78 is 0. The highest BCUT2D eigenvalue weighted by molar-refractivity contribution is 5.79. The lowest BCUT2D eigenvalue weighted by atomic mass is 9.96. The summed E-state index contributed by atoms with van der Waals surface area (Å²) in [5, 5.41) is 3.19. The van der Waals surface area contributed by atoms with Gasteiger partial charge in [-0.2, -0.15) is 0 Å². The van der Waals surface area contributed by atoms with Crippen LogP contribution in [0.25, 0.3) is 0 Å². The van der Waals surface area contributed by atoms with E-state index in [0.29, 0.717) is 12.1 Å². The lowest BCUT2D eigenvalue weighted by molar-refractivity contribution is -0.125. The normalized spacial score (nSPS) is 24.1. The second-order valence-corrected chi connectivity index (χ2v) is 7.49. The highest BCUT2D eigenvalue weighted by Gasteiger charge is 2.27. The number of amides is 1. The standard InChI is InChI=1S/C19H31N5O/c1-15-6-3-4-11-24(15)16(2)14-22-18(25)17-7-12-23(13-8-17)19-20-9-5-10-21-19/h5,9-10,15-17H,3-4,6-8,11-14H2,1-2H3,(H,22,25)/t15-,16-/m0/s1. The van der Waals surface area contributed by atoms with Gasteiger partial charge in [0.1, 0.15) is 0 Å². The van der Waals surface area contributed by atoms with E-state index >= 15 is 0 Å². The van der Waals surface area contributed by atoms with Crippen LogP contribution in [-0.2, 0) is 4.79 Å². The van der Waals surface area contributed by atoms with Crippen molar-refractivity contribution in [3.63, 3.8) is 0 Å². The Bertz CT molecular complexity index is 544. The molecule has 3 heterocycles. The van der Waals surface area contributed by atoms with Crippen molar-refractivity contribution in [3.05, 3.63) is 18.5 Å². The molecule has 1 amide bonds. The zero-order valence-corrected chi connectivity index (χ0v) is 15.5. The van der Waals surface area contributed by atoms with E-state index in [4.69, 9.17) is 0 Å². The van der Waals surface area contributed by atoms with E-state index in [1.165, 1.54) is 19.3 Å². The maximum absolute atomic E-state index is 12.5. The molecule has 0 aliphatic carbocycles. The molecule has 3 rings (SSSR count). The monoisotopic (exact) mass is 345 g/mol. The minimum atomic E-state index is 0.117. The van der Waals surface area contributed by atoms with Gasteiger partial charge in [0, 0.05) is 50.0 Å². The van der Waals surface area contributed by atoms with E-state index in [1.807, 2.05) is 6.07 Å². The van der Waals surface area contributed by atoms with Crippen LogP contribution in [0.5, 0.6) is 0 Å². The molecule has 25 heavy (non-hydrogen) atoms. The predicted octanol–water partition coefficient (Wildman–Crippen LogP) is 2.07. The number of carbonyl (C=O) groups excluding carboxylic acids is 1. The molecule has 0 radical (unpaired) electrons. The van der Waals surface area contributed by atoms with Gasteiger partial charge in [-0.15, -0.1) is 0 Å². The molecule has 6 heteroatoms. The highest BCUT2D eigenvalue weighted by Crippen LogP contribution is 2.21. The lowest BCUT2D eigenvalue weighted by Crippen LogP contribution is -2.49. The molecule has 2 atom stereocenters. The molecule has 0 bridgehead atoms. The van der Waals surface area contributed by atoms with Gasteiger partial charge in [0.25, 0.3) is 0 Å². The summed E-state index contributed by atoms with van der Waals surface area (Å²) >= 11 is 0. The van der Waals surface area contributed by atoms with Crippen LogP contribution in [0.3, 0.4) is 0 Å². The van der Waals surface area contributed by atoms with E-state index in [2.05, 4.69) is 38.9 Å². The fourth-order valence-electron chi connectivity index (χ4n) is 4.08. The highest BCUT2D eigenvalue weighted by atomic mass is 16.1. The van der Waals surface area contributed by atoms with E-state index in [1.54, 1.807) is 12.4 Å². The number of hydrogen-bond donors (Lipinski definition) is 1. The van der Waals surface area contributed by atoms with Crippen molar-refractivity contribution in [2.45, 2.75) is 58.0 Å². The number of nitrogens with zero attached hydrogens (tertiary/aromatic N) is 4. The molecule has 2 aliphatic rings. The van der Waals surface area contributed by atoms with Crippen molar-refractivity contribution in [2.24, 2.45) is 5.92 Å². The molecule has 1 aromatic rings. The first kappa shape index (κ1) is 18.1. The largest absolute Gasteiger partial charge is 0.354 e. The number of likely N-dealkylation sites (tertiary alicyclic amines) is 1. The second-order valence-electron chi connectivity index (χ2n) is 7.49. The van der Waals surface area contributed by atoms with Crippen LogP contribution < -0.4 is 10.2 Å². The van der Waals surface area contributed by atoms with Gasteiger partial charge in [-0.3, -0.25) is 9.69 Å². The smallest absolute Gasteiger partial charge is 0.225 e. The molecule has 2 saturated heterocycles. The Hall–Kier alpha value is -1.69. The van der Waals surface area contributed by atoms with Crippen molar-refractivity contribution in [1.82, 2.24) is 20.2 Å². The van der Waals surface area contributed by atoms with Crippen LogP contribution >= 0.6 is 0 Å². The summed E-state index contributed by atoms with van der Waals surface area (Å²) in [6.07, 6.45) is 9.17. The van der Waals surface area contributed by atoms with Gasteiger partial charge >= 0.3 is 0 Å². The van der Waals surface area contributed by atoms with Crippen LogP contribution in [0.2, 0.25) is 0 Å². The van der Waals surface area contributed by atoms with E-state index in [0.717, 1.165) is 45.0 Å². The van der Waals surface area contributed by atoms with Gasteiger partial charge in [0.2, 0.25) is 11.9 Å². The van der Waals surface area contributed by atoms with Gasteiger partial charge in [-0.1, -0.05) is 6.42 Å². The fraction of sp³-hybridized carbons (Fsp3) is 0.737. The van der Waals surface area contributed by atoms with Crippen molar-refractivity contribution in [2.75, 3.05) is 31.1 Å². The summed E-state index contributed by atoms with van der Waals surface area (Å²) in [6.45, 7) is 8.15.